The molecular weight excluding hydrogens is 236 g/mol. The van der Waals surface area contributed by atoms with Gasteiger partial charge in [0.15, 0.2) is 0 Å². The molecule has 1 aliphatic heterocycles. The molecule has 18 heavy (non-hydrogen) atoms. The Morgan fingerprint density at radius 1 is 1.11 bits per heavy atom. The van der Waals surface area contributed by atoms with Gasteiger partial charge in [0, 0.05) is 5.25 Å². The molecule has 0 bridgehead atoms. The Morgan fingerprint density at radius 3 is 2.50 bits per heavy atom. The van der Waals surface area contributed by atoms with Gasteiger partial charge in [-0.2, -0.15) is 11.8 Å². The number of hydrogen-bond donors (Lipinski definition) is 0. The first-order valence-corrected chi connectivity index (χ1v) is 9.44. The van der Waals surface area contributed by atoms with Crippen molar-refractivity contribution in [2.45, 2.75) is 77.4 Å². The van der Waals surface area contributed by atoms with Crippen LogP contribution in [0.4, 0.5) is 0 Å². The molecule has 2 aliphatic rings. The van der Waals surface area contributed by atoms with Crippen molar-refractivity contribution >= 4 is 11.8 Å². The van der Waals surface area contributed by atoms with Crippen molar-refractivity contribution in [1.29, 1.82) is 0 Å². The Morgan fingerprint density at radius 2 is 1.89 bits per heavy atom. The second-order valence-electron chi connectivity index (χ2n) is 6.68. The first kappa shape index (κ1) is 14.8. The number of rotatable bonds is 8. The average Bonchev–Trinajstić information content (AvgIpc) is 3.15. The SMILES string of the molecule is CCCCCCC(CC)C1SCC(C2CC2)C1C. The molecule has 1 saturated heterocycles. The number of hydrogen-bond acceptors (Lipinski definition) is 1. The monoisotopic (exact) mass is 268 g/mol. The van der Waals surface area contributed by atoms with Crippen LogP contribution in [-0.4, -0.2) is 11.0 Å². The van der Waals surface area contributed by atoms with Crippen molar-refractivity contribution < 1.29 is 0 Å². The van der Waals surface area contributed by atoms with E-state index in [-0.39, 0.29) is 0 Å². The maximum Gasteiger partial charge on any atom is 0.0104 e. The fourth-order valence-corrected chi connectivity index (χ4v) is 5.98. The van der Waals surface area contributed by atoms with Crippen LogP contribution in [0.3, 0.4) is 0 Å². The molecule has 0 aromatic carbocycles. The molecule has 4 unspecified atom stereocenters. The van der Waals surface area contributed by atoms with Gasteiger partial charge < -0.3 is 0 Å². The van der Waals surface area contributed by atoms with E-state index in [0.29, 0.717) is 0 Å². The molecule has 0 N–H and O–H groups in total. The molecule has 0 spiro atoms. The lowest BCUT2D eigenvalue weighted by Crippen LogP contribution is -2.24. The van der Waals surface area contributed by atoms with Crippen molar-refractivity contribution in [3.8, 4) is 0 Å². The van der Waals surface area contributed by atoms with Crippen molar-refractivity contribution in [3.05, 3.63) is 0 Å². The van der Waals surface area contributed by atoms with Gasteiger partial charge in [-0.25, -0.2) is 0 Å². The van der Waals surface area contributed by atoms with Crippen LogP contribution < -0.4 is 0 Å². The lowest BCUT2D eigenvalue weighted by atomic mass is 9.81. The summed E-state index contributed by atoms with van der Waals surface area (Å²) in [5, 5.41) is 0.988. The van der Waals surface area contributed by atoms with Crippen LogP contribution >= 0.6 is 11.8 Å². The summed E-state index contributed by atoms with van der Waals surface area (Å²) in [5.41, 5.74) is 0. The second-order valence-corrected chi connectivity index (χ2v) is 7.89. The van der Waals surface area contributed by atoms with E-state index >= 15 is 0 Å². The lowest BCUT2D eigenvalue weighted by Gasteiger charge is -2.27. The summed E-state index contributed by atoms with van der Waals surface area (Å²) in [6, 6.07) is 0. The average molecular weight is 269 g/mol. The third-order valence-electron chi connectivity index (χ3n) is 5.32. The van der Waals surface area contributed by atoms with Crippen LogP contribution in [0, 0.1) is 23.7 Å². The maximum absolute atomic E-state index is 2.56. The molecule has 2 rings (SSSR count). The quantitative estimate of drug-likeness (QED) is 0.504. The van der Waals surface area contributed by atoms with Crippen LogP contribution in [0.1, 0.15) is 72.1 Å². The minimum Gasteiger partial charge on any atom is -0.158 e. The molecule has 0 aromatic heterocycles. The van der Waals surface area contributed by atoms with Gasteiger partial charge in [-0.15, -0.1) is 0 Å². The Kier molecular flexibility index (Phi) is 5.92. The van der Waals surface area contributed by atoms with Crippen LogP contribution in [0.5, 0.6) is 0 Å². The summed E-state index contributed by atoms with van der Waals surface area (Å²) >= 11 is 2.32. The first-order chi connectivity index (χ1) is 8.77. The topological polar surface area (TPSA) is 0 Å². The third kappa shape index (κ3) is 3.68. The van der Waals surface area contributed by atoms with E-state index in [1.807, 2.05) is 0 Å². The highest BCUT2D eigenvalue weighted by molar-refractivity contribution is 8.00. The molecule has 0 radical (unpaired) electrons. The fourth-order valence-electron chi connectivity index (χ4n) is 3.86. The minimum atomic E-state index is 0.988. The van der Waals surface area contributed by atoms with Gasteiger partial charge in [-0.05, 0) is 48.7 Å². The number of unbranched alkanes of at least 4 members (excludes halogenated alkanes) is 3. The standard InChI is InChI=1S/C17H32S/c1-4-6-7-8-9-14(5-2)17-13(3)16(12-18-17)15-10-11-15/h13-17H,4-12H2,1-3H3. The molecule has 1 aliphatic carbocycles. The summed E-state index contributed by atoms with van der Waals surface area (Å²) in [6.45, 7) is 7.29. The molecule has 106 valence electrons. The Bertz CT molecular complexity index is 234. The summed E-state index contributed by atoms with van der Waals surface area (Å²) < 4.78 is 0. The van der Waals surface area contributed by atoms with Crippen molar-refractivity contribution in [3.63, 3.8) is 0 Å². The van der Waals surface area contributed by atoms with Gasteiger partial charge in [0.25, 0.3) is 0 Å². The van der Waals surface area contributed by atoms with E-state index in [0.717, 1.165) is 28.9 Å². The van der Waals surface area contributed by atoms with Gasteiger partial charge in [-0.1, -0.05) is 52.9 Å². The highest BCUT2D eigenvalue weighted by Crippen LogP contribution is 2.52. The normalized spacial score (nSPS) is 33.8. The van der Waals surface area contributed by atoms with E-state index in [1.165, 1.54) is 57.1 Å². The summed E-state index contributed by atoms with van der Waals surface area (Å²) in [5.74, 6) is 5.67. The van der Waals surface area contributed by atoms with Crippen LogP contribution in [-0.2, 0) is 0 Å². The molecule has 0 amide bonds. The summed E-state index contributed by atoms with van der Waals surface area (Å²) in [6.07, 6.45) is 11.7. The molecule has 1 heterocycles. The van der Waals surface area contributed by atoms with Gasteiger partial charge >= 0.3 is 0 Å². The van der Waals surface area contributed by atoms with Crippen molar-refractivity contribution in [2.75, 3.05) is 5.75 Å². The van der Waals surface area contributed by atoms with Gasteiger partial charge in [0.1, 0.15) is 0 Å². The van der Waals surface area contributed by atoms with E-state index in [9.17, 15) is 0 Å². The Labute approximate surface area is 119 Å². The predicted octanol–water partition coefficient (Wildman–Crippen LogP) is 5.76. The van der Waals surface area contributed by atoms with Crippen molar-refractivity contribution in [2.24, 2.45) is 23.7 Å². The first-order valence-electron chi connectivity index (χ1n) is 8.39. The smallest absolute Gasteiger partial charge is 0.0104 e. The lowest BCUT2D eigenvalue weighted by molar-refractivity contribution is 0.296. The minimum absolute atomic E-state index is 0.988. The predicted molar refractivity (Wildman–Crippen MR) is 84.2 cm³/mol. The fraction of sp³-hybridized carbons (Fsp3) is 1.00. The number of thioether (sulfide) groups is 1. The van der Waals surface area contributed by atoms with E-state index < -0.39 is 0 Å². The van der Waals surface area contributed by atoms with E-state index in [4.69, 9.17) is 0 Å². The van der Waals surface area contributed by atoms with Gasteiger partial charge in [0.05, 0.1) is 0 Å². The molecule has 0 nitrogen and oxygen atoms in total. The molecule has 4 atom stereocenters. The van der Waals surface area contributed by atoms with E-state index in [2.05, 4.69) is 32.5 Å². The Hall–Kier alpha value is 0.350. The second kappa shape index (κ2) is 7.22. The third-order valence-corrected chi connectivity index (χ3v) is 7.10. The molecular formula is C17H32S. The Balaban J connectivity index is 1.76. The summed E-state index contributed by atoms with van der Waals surface area (Å²) in [4.78, 5) is 0. The highest BCUT2D eigenvalue weighted by Gasteiger charge is 2.44. The largest absolute Gasteiger partial charge is 0.158 e. The van der Waals surface area contributed by atoms with Crippen molar-refractivity contribution in [1.82, 2.24) is 0 Å². The molecule has 2 fully saturated rings. The summed E-state index contributed by atoms with van der Waals surface area (Å²) in [7, 11) is 0. The maximum atomic E-state index is 2.56. The van der Waals surface area contributed by atoms with Crippen LogP contribution in [0.15, 0.2) is 0 Å². The zero-order chi connectivity index (χ0) is 13.0. The molecule has 1 saturated carbocycles. The zero-order valence-electron chi connectivity index (χ0n) is 12.7. The van der Waals surface area contributed by atoms with Crippen LogP contribution in [0.25, 0.3) is 0 Å². The van der Waals surface area contributed by atoms with Crippen LogP contribution in [0.2, 0.25) is 0 Å². The van der Waals surface area contributed by atoms with Gasteiger partial charge in [0.2, 0.25) is 0 Å². The van der Waals surface area contributed by atoms with E-state index in [1.54, 1.807) is 0 Å². The molecule has 0 aromatic rings. The van der Waals surface area contributed by atoms with Gasteiger partial charge in [-0.3, -0.25) is 0 Å². The zero-order valence-corrected chi connectivity index (χ0v) is 13.5. The highest BCUT2D eigenvalue weighted by atomic mass is 32.2. The molecule has 1 heteroatoms.